The molecule has 1 unspecified atom stereocenters. The Morgan fingerprint density at radius 2 is 1.76 bits per heavy atom. The Hall–Kier alpha value is -3.15. The van der Waals surface area contributed by atoms with E-state index in [1.165, 1.54) is 34.9 Å². The Morgan fingerprint density at radius 1 is 1.06 bits per heavy atom. The third kappa shape index (κ3) is 4.72. The van der Waals surface area contributed by atoms with Gasteiger partial charge in [0.15, 0.2) is 5.13 Å². The second-order valence-electron chi connectivity index (χ2n) is 7.54. The Bertz CT molecular complexity index is 1270. The monoisotopic (exact) mass is 503 g/mol. The third-order valence-corrected chi connectivity index (χ3v) is 8.27. The average molecular weight is 504 g/mol. The van der Waals surface area contributed by atoms with Crippen molar-refractivity contribution in [3.8, 4) is 28.5 Å². The van der Waals surface area contributed by atoms with Crippen LogP contribution in [0.5, 0.6) is 17.2 Å². The Morgan fingerprint density at radius 3 is 2.44 bits per heavy atom. The van der Waals surface area contributed by atoms with E-state index in [2.05, 4.69) is 10.3 Å². The SMILES string of the molecule is COc1ccc(S(=O)(=O)N2CCCC2C(=O)Nc2nc(-c3cc(OC)ccc3OC)cs2)cc1. The van der Waals surface area contributed by atoms with Gasteiger partial charge in [0, 0.05) is 17.5 Å². The Kier molecular flexibility index (Phi) is 7.05. The van der Waals surface area contributed by atoms with E-state index in [-0.39, 0.29) is 11.4 Å². The molecule has 1 fully saturated rings. The summed E-state index contributed by atoms with van der Waals surface area (Å²) in [5.41, 5.74) is 1.34. The summed E-state index contributed by atoms with van der Waals surface area (Å²) in [4.78, 5) is 17.7. The minimum atomic E-state index is -3.84. The Balaban J connectivity index is 1.52. The molecule has 2 aromatic carbocycles. The molecule has 11 heteroatoms. The number of methoxy groups -OCH3 is 3. The molecule has 0 saturated carbocycles. The zero-order chi connectivity index (χ0) is 24.3. The lowest BCUT2D eigenvalue weighted by molar-refractivity contribution is -0.119. The van der Waals surface area contributed by atoms with Crippen LogP contribution in [0.4, 0.5) is 5.13 Å². The van der Waals surface area contributed by atoms with Crippen molar-refractivity contribution in [3.63, 3.8) is 0 Å². The predicted molar refractivity (Wildman–Crippen MR) is 129 cm³/mol. The lowest BCUT2D eigenvalue weighted by atomic mass is 10.1. The molecule has 2 heterocycles. The van der Waals surface area contributed by atoms with E-state index >= 15 is 0 Å². The van der Waals surface area contributed by atoms with Crippen LogP contribution in [-0.4, -0.2) is 57.5 Å². The first-order valence-electron chi connectivity index (χ1n) is 10.5. The van der Waals surface area contributed by atoms with Crippen LogP contribution in [0.3, 0.4) is 0 Å². The van der Waals surface area contributed by atoms with Gasteiger partial charge in [0.1, 0.15) is 23.3 Å². The number of carbonyl (C=O) groups excluding carboxylic acids is 1. The van der Waals surface area contributed by atoms with Crippen LogP contribution >= 0.6 is 11.3 Å². The number of amides is 1. The average Bonchev–Trinajstić information content (AvgIpc) is 3.54. The summed E-state index contributed by atoms with van der Waals surface area (Å²) < 4.78 is 43.4. The topological polar surface area (TPSA) is 107 Å². The van der Waals surface area contributed by atoms with Crippen LogP contribution in [0.25, 0.3) is 11.3 Å². The van der Waals surface area contributed by atoms with Crippen molar-refractivity contribution in [3.05, 3.63) is 47.8 Å². The lowest BCUT2D eigenvalue weighted by Gasteiger charge is -2.23. The van der Waals surface area contributed by atoms with Gasteiger partial charge in [-0.3, -0.25) is 4.79 Å². The largest absolute Gasteiger partial charge is 0.497 e. The highest BCUT2D eigenvalue weighted by Gasteiger charge is 2.39. The van der Waals surface area contributed by atoms with Gasteiger partial charge in [-0.05, 0) is 55.3 Å². The highest BCUT2D eigenvalue weighted by atomic mass is 32.2. The molecule has 0 spiro atoms. The molecular weight excluding hydrogens is 478 g/mol. The maximum absolute atomic E-state index is 13.2. The molecule has 1 aliphatic rings. The molecule has 180 valence electrons. The van der Waals surface area contributed by atoms with Gasteiger partial charge in [0.2, 0.25) is 15.9 Å². The molecule has 1 amide bonds. The van der Waals surface area contributed by atoms with E-state index in [1.54, 1.807) is 49.9 Å². The molecule has 1 aromatic heterocycles. The highest BCUT2D eigenvalue weighted by molar-refractivity contribution is 7.89. The first kappa shape index (κ1) is 24.0. The number of hydrogen-bond acceptors (Lipinski definition) is 8. The summed E-state index contributed by atoms with van der Waals surface area (Å²) >= 11 is 1.25. The van der Waals surface area contributed by atoms with Crippen molar-refractivity contribution < 1.29 is 27.4 Å². The molecule has 34 heavy (non-hydrogen) atoms. The van der Waals surface area contributed by atoms with Crippen LogP contribution in [-0.2, 0) is 14.8 Å². The predicted octanol–water partition coefficient (Wildman–Crippen LogP) is 3.63. The lowest BCUT2D eigenvalue weighted by Crippen LogP contribution is -2.43. The van der Waals surface area contributed by atoms with Crippen molar-refractivity contribution >= 4 is 32.4 Å². The summed E-state index contributed by atoms with van der Waals surface area (Å²) in [6.45, 7) is 0.274. The van der Waals surface area contributed by atoms with E-state index in [1.807, 2.05) is 0 Å². The zero-order valence-electron chi connectivity index (χ0n) is 19.0. The molecule has 0 aliphatic carbocycles. The number of thiazole rings is 1. The molecule has 0 radical (unpaired) electrons. The number of nitrogens with zero attached hydrogens (tertiary/aromatic N) is 2. The van der Waals surface area contributed by atoms with E-state index in [9.17, 15) is 13.2 Å². The molecule has 0 bridgehead atoms. The maximum Gasteiger partial charge on any atom is 0.244 e. The number of nitrogens with one attached hydrogen (secondary N) is 1. The van der Waals surface area contributed by atoms with Gasteiger partial charge in [-0.1, -0.05) is 0 Å². The van der Waals surface area contributed by atoms with Crippen molar-refractivity contribution in [1.29, 1.82) is 0 Å². The number of carbonyl (C=O) groups is 1. The van der Waals surface area contributed by atoms with E-state index < -0.39 is 22.0 Å². The van der Waals surface area contributed by atoms with Gasteiger partial charge in [-0.15, -0.1) is 11.3 Å². The fourth-order valence-corrected chi connectivity index (χ4v) is 6.20. The minimum absolute atomic E-state index is 0.120. The molecule has 4 rings (SSSR count). The van der Waals surface area contributed by atoms with Crippen LogP contribution in [0.1, 0.15) is 12.8 Å². The molecule has 1 atom stereocenters. The summed E-state index contributed by atoms with van der Waals surface area (Å²) in [5.74, 6) is 1.42. The van der Waals surface area contributed by atoms with Crippen molar-refractivity contribution in [2.75, 3.05) is 33.2 Å². The summed E-state index contributed by atoms with van der Waals surface area (Å²) in [5, 5.41) is 4.95. The van der Waals surface area contributed by atoms with Crippen molar-refractivity contribution in [2.45, 2.75) is 23.8 Å². The van der Waals surface area contributed by atoms with Crippen LogP contribution in [0.15, 0.2) is 52.7 Å². The number of benzene rings is 2. The zero-order valence-corrected chi connectivity index (χ0v) is 20.6. The van der Waals surface area contributed by atoms with Crippen LogP contribution < -0.4 is 19.5 Å². The van der Waals surface area contributed by atoms with E-state index in [4.69, 9.17) is 14.2 Å². The first-order valence-corrected chi connectivity index (χ1v) is 12.8. The fraction of sp³-hybridized carbons (Fsp3) is 0.304. The summed E-state index contributed by atoms with van der Waals surface area (Å²) in [6.07, 6.45) is 1.03. The molecular formula is C23H25N3O6S2. The van der Waals surface area contributed by atoms with Gasteiger partial charge in [0.25, 0.3) is 0 Å². The third-order valence-electron chi connectivity index (χ3n) is 5.59. The molecule has 1 N–H and O–H groups in total. The normalized spacial score (nSPS) is 16.3. The van der Waals surface area contributed by atoms with Gasteiger partial charge >= 0.3 is 0 Å². The van der Waals surface area contributed by atoms with E-state index in [0.29, 0.717) is 40.9 Å². The fourth-order valence-electron chi connectivity index (χ4n) is 3.83. The molecule has 9 nitrogen and oxygen atoms in total. The molecule has 1 aliphatic heterocycles. The second-order valence-corrected chi connectivity index (χ2v) is 10.3. The first-order chi connectivity index (χ1) is 16.4. The summed E-state index contributed by atoms with van der Waals surface area (Å²) in [6, 6.07) is 10.7. The molecule has 1 saturated heterocycles. The summed E-state index contributed by atoms with van der Waals surface area (Å²) in [7, 11) is 0.820. The van der Waals surface area contributed by atoms with Crippen LogP contribution in [0.2, 0.25) is 0 Å². The standard InChI is InChI=1S/C23H25N3O6S2/c1-30-15-6-9-17(10-7-15)34(28,29)26-12-4-5-20(26)22(27)25-23-24-19(14-33-23)18-13-16(31-2)8-11-21(18)32-3/h6-11,13-14,20H,4-5,12H2,1-3H3,(H,24,25,27). The second kappa shape index (κ2) is 10.00. The quantitative estimate of drug-likeness (QED) is 0.500. The number of sulfonamides is 1. The maximum atomic E-state index is 13.2. The minimum Gasteiger partial charge on any atom is -0.497 e. The number of anilines is 1. The van der Waals surface area contributed by atoms with Gasteiger partial charge in [-0.2, -0.15) is 4.31 Å². The van der Waals surface area contributed by atoms with Crippen molar-refractivity contribution in [1.82, 2.24) is 9.29 Å². The van der Waals surface area contributed by atoms with Crippen LogP contribution in [0, 0.1) is 0 Å². The number of ether oxygens (including phenoxy) is 3. The Labute approximate surface area is 202 Å². The number of rotatable bonds is 8. The van der Waals surface area contributed by atoms with Crippen molar-refractivity contribution in [2.24, 2.45) is 0 Å². The highest BCUT2D eigenvalue weighted by Crippen LogP contribution is 2.35. The van der Waals surface area contributed by atoms with Gasteiger partial charge < -0.3 is 19.5 Å². The number of aromatic nitrogens is 1. The smallest absolute Gasteiger partial charge is 0.244 e. The number of hydrogen-bond donors (Lipinski definition) is 1. The molecule has 3 aromatic rings. The van der Waals surface area contributed by atoms with E-state index in [0.717, 1.165) is 5.56 Å². The van der Waals surface area contributed by atoms with Gasteiger partial charge in [0.05, 0.1) is 31.9 Å². The van der Waals surface area contributed by atoms with Gasteiger partial charge in [-0.25, -0.2) is 13.4 Å².